The second-order valence-electron chi connectivity index (χ2n) is 4.56. The summed E-state index contributed by atoms with van der Waals surface area (Å²) in [5.41, 5.74) is 10.3. The van der Waals surface area contributed by atoms with E-state index in [4.69, 9.17) is 5.73 Å². The zero-order valence-corrected chi connectivity index (χ0v) is 11.2. The maximum absolute atomic E-state index is 12.9. The molecule has 0 amide bonds. The van der Waals surface area contributed by atoms with Crippen molar-refractivity contribution in [2.24, 2.45) is 0 Å². The van der Waals surface area contributed by atoms with Crippen molar-refractivity contribution in [2.75, 3.05) is 17.7 Å². The van der Waals surface area contributed by atoms with Crippen LogP contribution in [-0.2, 0) is 0 Å². The van der Waals surface area contributed by atoms with Crippen molar-refractivity contribution < 1.29 is 4.39 Å². The fourth-order valence-corrected chi connectivity index (χ4v) is 1.95. The molecule has 0 radical (unpaired) electrons. The molecule has 0 spiro atoms. The molecule has 0 aliphatic heterocycles. The van der Waals surface area contributed by atoms with Crippen LogP contribution in [0.1, 0.15) is 11.1 Å². The van der Waals surface area contributed by atoms with Crippen LogP contribution in [0.2, 0.25) is 0 Å². The fourth-order valence-electron chi connectivity index (χ4n) is 1.95. The summed E-state index contributed by atoms with van der Waals surface area (Å²) in [4.78, 5) is 1.92. The number of hydrogen-bond acceptors (Lipinski definition) is 2. The number of nitrogens with zero attached hydrogens (tertiary/aromatic N) is 1. The second-order valence-corrected chi connectivity index (χ2v) is 4.56. The van der Waals surface area contributed by atoms with Gasteiger partial charge in [0.15, 0.2) is 0 Å². The predicted octanol–water partition coefficient (Wildman–Crippen LogP) is 3.82. The van der Waals surface area contributed by atoms with E-state index >= 15 is 0 Å². The van der Waals surface area contributed by atoms with E-state index in [1.54, 1.807) is 12.1 Å². The highest BCUT2D eigenvalue weighted by atomic mass is 19.1. The van der Waals surface area contributed by atoms with Crippen LogP contribution >= 0.6 is 0 Å². The van der Waals surface area contributed by atoms with Crippen LogP contribution < -0.4 is 10.6 Å². The van der Waals surface area contributed by atoms with Crippen molar-refractivity contribution in [1.82, 2.24) is 0 Å². The Labute approximate surface area is 113 Å². The smallest absolute Gasteiger partial charge is 0.123 e. The van der Waals surface area contributed by atoms with Crippen molar-refractivity contribution in [3.63, 3.8) is 0 Å². The minimum Gasteiger partial charge on any atom is -0.399 e. The third kappa shape index (κ3) is 2.76. The number of nitrogen functional groups attached to an aromatic ring is 1. The first-order valence-electron chi connectivity index (χ1n) is 6.04. The highest BCUT2D eigenvalue weighted by molar-refractivity contribution is 5.80. The van der Waals surface area contributed by atoms with Gasteiger partial charge in [0, 0.05) is 29.7 Å². The molecule has 0 fully saturated rings. The Morgan fingerprint density at radius 2 is 1.79 bits per heavy atom. The van der Waals surface area contributed by atoms with Gasteiger partial charge in [-0.25, -0.2) is 4.39 Å². The summed E-state index contributed by atoms with van der Waals surface area (Å²) in [5, 5.41) is 0. The Kier molecular flexibility index (Phi) is 3.56. The Morgan fingerprint density at radius 3 is 2.42 bits per heavy atom. The number of hydrogen-bond donors (Lipinski definition) is 1. The van der Waals surface area contributed by atoms with Gasteiger partial charge in [-0.15, -0.1) is 0 Å². The van der Waals surface area contributed by atoms with Gasteiger partial charge in [0.1, 0.15) is 5.82 Å². The maximum Gasteiger partial charge on any atom is 0.123 e. The van der Waals surface area contributed by atoms with E-state index < -0.39 is 0 Å². The minimum absolute atomic E-state index is 0.247. The Hall–Kier alpha value is -2.29. The first kappa shape index (κ1) is 13.1. The fraction of sp³-hybridized carbons (Fsp3) is 0.125. The van der Waals surface area contributed by atoms with Gasteiger partial charge in [-0.05, 0) is 48.9 Å². The normalized spacial score (nSPS) is 10.3. The molecule has 0 aliphatic rings. The Balaban J connectivity index is 2.33. The molecule has 0 saturated heterocycles. The quantitative estimate of drug-likeness (QED) is 0.846. The maximum atomic E-state index is 12.9. The van der Waals surface area contributed by atoms with Crippen molar-refractivity contribution in [3.05, 3.63) is 66.0 Å². The topological polar surface area (TPSA) is 29.3 Å². The van der Waals surface area contributed by atoms with E-state index in [0.717, 1.165) is 22.5 Å². The van der Waals surface area contributed by atoms with Crippen molar-refractivity contribution in [2.45, 2.75) is 6.92 Å². The highest BCUT2D eigenvalue weighted by Gasteiger charge is 2.10. The van der Waals surface area contributed by atoms with Gasteiger partial charge in [0.25, 0.3) is 0 Å². The van der Waals surface area contributed by atoms with Crippen molar-refractivity contribution >= 4 is 17.1 Å². The van der Waals surface area contributed by atoms with Crippen LogP contribution in [0, 0.1) is 12.7 Å². The zero-order chi connectivity index (χ0) is 14.0. The van der Waals surface area contributed by atoms with Crippen molar-refractivity contribution in [1.29, 1.82) is 0 Å². The lowest BCUT2D eigenvalue weighted by Gasteiger charge is -2.23. The molecule has 2 nitrogen and oxygen atoms in total. The van der Waals surface area contributed by atoms with E-state index in [9.17, 15) is 4.39 Å². The lowest BCUT2D eigenvalue weighted by molar-refractivity contribution is 0.628. The van der Waals surface area contributed by atoms with Gasteiger partial charge in [0.05, 0.1) is 0 Å². The molecule has 19 heavy (non-hydrogen) atoms. The number of nitrogens with two attached hydrogens (primary N) is 1. The van der Waals surface area contributed by atoms with Gasteiger partial charge < -0.3 is 10.6 Å². The van der Waals surface area contributed by atoms with E-state index in [0.29, 0.717) is 5.69 Å². The molecular formula is C16H17FN2. The van der Waals surface area contributed by atoms with Crippen LogP contribution in [0.15, 0.2) is 49.0 Å². The molecule has 2 N–H and O–H groups in total. The molecule has 2 aromatic carbocycles. The monoisotopic (exact) mass is 256 g/mol. The van der Waals surface area contributed by atoms with Gasteiger partial charge in [-0.3, -0.25) is 0 Å². The van der Waals surface area contributed by atoms with E-state index in [-0.39, 0.29) is 5.82 Å². The van der Waals surface area contributed by atoms with Crippen LogP contribution in [0.25, 0.3) is 5.70 Å². The molecule has 0 bridgehead atoms. The molecule has 2 rings (SSSR count). The number of aryl methyl sites for hydroxylation is 1. The third-order valence-corrected chi connectivity index (χ3v) is 3.19. The molecule has 0 aromatic heterocycles. The third-order valence-electron chi connectivity index (χ3n) is 3.19. The first-order chi connectivity index (χ1) is 8.99. The molecule has 0 aliphatic carbocycles. The predicted molar refractivity (Wildman–Crippen MR) is 79.4 cm³/mol. The molecule has 2 aromatic rings. The molecule has 98 valence electrons. The number of rotatable bonds is 3. The van der Waals surface area contributed by atoms with Gasteiger partial charge in [-0.2, -0.15) is 0 Å². The standard InChI is InChI=1S/C16H17FN2/c1-11-4-7-14(18)10-16(11)12(2)19(3)15-8-5-13(17)6-9-15/h4-10H,2,18H2,1,3H3. The Morgan fingerprint density at radius 1 is 1.16 bits per heavy atom. The molecule has 0 saturated carbocycles. The Bertz CT molecular complexity index is 603. The summed E-state index contributed by atoms with van der Waals surface area (Å²) in [5.74, 6) is -0.247. The average molecular weight is 256 g/mol. The minimum atomic E-state index is -0.247. The average Bonchev–Trinajstić information content (AvgIpc) is 2.41. The van der Waals surface area contributed by atoms with Gasteiger partial charge >= 0.3 is 0 Å². The van der Waals surface area contributed by atoms with E-state index in [2.05, 4.69) is 6.58 Å². The largest absolute Gasteiger partial charge is 0.399 e. The van der Waals surface area contributed by atoms with Crippen molar-refractivity contribution in [3.8, 4) is 0 Å². The van der Waals surface area contributed by atoms with Crippen LogP contribution in [-0.4, -0.2) is 7.05 Å². The summed E-state index contributed by atoms with van der Waals surface area (Å²) in [6.07, 6.45) is 0. The van der Waals surface area contributed by atoms with E-state index in [1.165, 1.54) is 12.1 Å². The SMILES string of the molecule is C=C(c1cc(N)ccc1C)N(C)c1ccc(F)cc1. The van der Waals surface area contributed by atoms with Gasteiger partial charge in [0.2, 0.25) is 0 Å². The number of halogens is 1. The molecule has 0 heterocycles. The van der Waals surface area contributed by atoms with Crippen LogP contribution in [0.5, 0.6) is 0 Å². The number of anilines is 2. The van der Waals surface area contributed by atoms with Crippen LogP contribution in [0.4, 0.5) is 15.8 Å². The van der Waals surface area contributed by atoms with E-state index in [1.807, 2.05) is 37.1 Å². The lowest BCUT2D eigenvalue weighted by Crippen LogP contribution is -2.15. The first-order valence-corrected chi connectivity index (χ1v) is 6.04. The van der Waals surface area contributed by atoms with Gasteiger partial charge in [-0.1, -0.05) is 12.6 Å². The summed E-state index contributed by atoms with van der Waals surface area (Å²) >= 11 is 0. The number of benzene rings is 2. The summed E-state index contributed by atoms with van der Waals surface area (Å²) < 4.78 is 12.9. The molecule has 0 unspecified atom stereocenters. The molecular weight excluding hydrogens is 239 g/mol. The highest BCUT2D eigenvalue weighted by Crippen LogP contribution is 2.26. The zero-order valence-electron chi connectivity index (χ0n) is 11.2. The summed E-state index contributed by atoms with van der Waals surface area (Å²) in [6.45, 7) is 6.11. The lowest BCUT2D eigenvalue weighted by atomic mass is 10.0. The summed E-state index contributed by atoms with van der Waals surface area (Å²) in [7, 11) is 1.90. The molecule has 3 heteroatoms. The summed E-state index contributed by atoms with van der Waals surface area (Å²) in [6, 6.07) is 12.1. The second kappa shape index (κ2) is 5.14. The molecule has 0 atom stereocenters. The van der Waals surface area contributed by atoms with Crippen LogP contribution in [0.3, 0.4) is 0 Å².